The van der Waals surface area contributed by atoms with Gasteiger partial charge in [-0.25, -0.2) is 65.5 Å². The van der Waals surface area contributed by atoms with Crippen LogP contribution in [0.4, 0.5) is 40.8 Å². The maximum atomic E-state index is 14.8. The Morgan fingerprint density at radius 3 is 1.89 bits per heavy atom. The average Bonchev–Trinajstić information content (AvgIpc) is 3.82. The highest BCUT2D eigenvalue weighted by atomic mass is 19.2. The van der Waals surface area contributed by atoms with E-state index in [1.54, 1.807) is 6.07 Å². The molecule has 6 aromatic rings. The molecule has 0 radical (unpaired) electrons. The number of fused-ring (bicyclic) bond motifs is 3. The van der Waals surface area contributed by atoms with Gasteiger partial charge in [0.25, 0.3) is 11.8 Å². The molecule has 0 saturated heterocycles. The van der Waals surface area contributed by atoms with E-state index >= 15 is 0 Å². The van der Waals surface area contributed by atoms with Crippen molar-refractivity contribution in [2.24, 2.45) is 9.98 Å². The molecule has 19 heteroatoms. The first-order chi connectivity index (χ1) is 22.4. The summed E-state index contributed by atoms with van der Waals surface area (Å²) in [6.07, 6.45) is 0. The molecule has 0 fully saturated rings. The van der Waals surface area contributed by atoms with Crippen LogP contribution in [-0.2, 0) is 0 Å². The number of oxazole rings is 2. The summed E-state index contributed by atoms with van der Waals surface area (Å²) < 4.78 is 125. The summed E-state index contributed by atoms with van der Waals surface area (Å²) in [4.78, 5) is 30.2. The van der Waals surface area contributed by atoms with Gasteiger partial charge in [0.2, 0.25) is 23.3 Å². The average molecular weight is 651 g/mol. The molecule has 0 unspecified atom stereocenters. The molecule has 0 saturated carbocycles. The van der Waals surface area contributed by atoms with Crippen LogP contribution in [-0.4, -0.2) is 24.9 Å². The molecule has 0 aliphatic carbocycles. The van der Waals surface area contributed by atoms with Crippen LogP contribution in [0.2, 0.25) is 0 Å². The Hall–Kier alpha value is -6.63. The molecule has 0 bridgehead atoms. The standard InChI is InChI=1S/C28H5F8N9O2/c1-6-11(30)15(34)19-21(12(6)31)46-27(41-19)25-43-24(8(5-37)23-39-10-4-7(38-2)3-9(29)18(10)40-23)44-26(45-25)28-42-20-16(35)13(32)14(33)17(36)22(20)47-28/h3-4H,1H3/b23-8+. The summed E-state index contributed by atoms with van der Waals surface area (Å²) in [7, 11) is 0. The summed E-state index contributed by atoms with van der Waals surface area (Å²) >= 11 is 0. The van der Waals surface area contributed by atoms with Gasteiger partial charge in [0.1, 0.15) is 22.8 Å². The predicted molar refractivity (Wildman–Crippen MR) is 138 cm³/mol. The molecule has 47 heavy (non-hydrogen) atoms. The quantitative estimate of drug-likeness (QED) is 0.0791. The zero-order valence-corrected chi connectivity index (χ0v) is 22.5. The minimum atomic E-state index is -2.22. The third kappa shape index (κ3) is 4.28. The monoisotopic (exact) mass is 651 g/mol. The van der Waals surface area contributed by atoms with Crippen molar-refractivity contribution >= 4 is 33.5 Å². The predicted octanol–water partition coefficient (Wildman–Crippen LogP) is 5.61. The van der Waals surface area contributed by atoms with Gasteiger partial charge in [-0.2, -0.15) is 14.6 Å². The first-order valence-electron chi connectivity index (χ1n) is 12.5. The van der Waals surface area contributed by atoms with Gasteiger partial charge in [0.05, 0.1) is 11.9 Å². The normalized spacial score (nSPS) is 13.3. The van der Waals surface area contributed by atoms with Crippen molar-refractivity contribution in [1.29, 1.82) is 5.26 Å². The van der Waals surface area contributed by atoms with Crippen molar-refractivity contribution < 1.29 is 44.0 Å². The van der Waals surface area contributed by atoms with Gasteiger partial charge in [-0.05, 0) is 19.1 Å². The molecule has 230 valence electrons. The second-order valence-electron chi connectivity index (χ2n) is 9.46. The SMILES string of the molecule is [C-]#[N+]c1cc(F)c2c(c1)=N/C(=C(/C#N)c1nc(-c3nc4c(F)c(F)c(C)c(F)c4o3)nc(-c3nc4c(F)c(F)c(F)c(F)c4o3)n1)N=2. The largest absolute Gasteiger partial charge is 0.430 e. The molecular weight excluding hydrogens is 646 g/mol. The summed E-state index contributed by atoms with van der Waals surface area (Å²) in [6, 6.07) is 3.72. The highest BCUT2D eigenvalue weighted by molar-refractivity contribution is 5.80. The van der Waals surface area contributed by atoms with Crippen LogP contribution >= 0.6 is 0 Å². The van der Waals surface area contributed by atoms with E-state index in [1.807, 2.05) is 0 Å². The van der Waals surface area contributed by atoms with Gasteiger partial charge in [-0.3, -0.25) is 0 Å². The van der Waals surface area contributed by atoms with Crippen LogP contribution in [0.5, 0.6) is 0 Å². The third-order valence-corrected chi connectivity index (χ3v) is 6.68. The van der Waals surface area contributed by atoms with Gasteiger partial charge < -0.3 is 8.83 Å². The maximum Gasteiger partial charge on any atom is 0.266 e. The molecular formula is C28H5F8N9O2. The molecule has 7 rings (SSSR count). The Labute approximate surface area is 252 Å². The van der Waals surface area contributed by atoms with Crippen LogP contribution in [0.25, 0.3) is 56.0 Å². The van der Waals surface area contributed by atoms with Crippen molar-refractivity contribution in [3.05, 3.63) is 98.0 Å². The first-order valence-corrected chi connectivity index (χ1v) is 12.5. The fourth-order valence-electron chi connectivity index (χ4n) is 4.43. The summed E-state index contributed by atoms with van der Waals surface area (Å²) in [5.41, 5.74) is -5.64. The Morgan fingerprint density at radius 2 is 1.30 bits per heavy atom. The van der Waals surface area contributed by atoms with Crippen LogP contribution in [0.1, 0.15) is 11.4 Å². The van der Waals surface area contributed by atoms with Crippen molar-refractivity contribution in [1.82, 2.24) is 24.9 Å². The molecule has 0 amide bonds. The smallest absolute Gasteiger partial charge is 0.266 e. The van der Waals surface area contributed by atoms with Crippen LogP contribution in [0, 0.1) is 71.4 Å². The zero-order valence-electron chi connectivity index (χ0n) is 22.5. The number of halogens is 8. The molecule has 3 aromatic heterocycles. The highest BCUT2D eigenvalue weighted by Gasteiger charge is 2.29. The number of aromatic nitrogens is 5. The van der Waals surface area contributed by atoms with Crippen molar-refractivity contribution in [3.8, 4) is 29.5 Å². The second kappa shape index (κ2) is 10.2. The maximum absolute atomic E-state index is 14.8. The third-order valence-electron chi connectivity index (χ3n) is 6.68. The number of rotatable bonds is 3. The summed E-state index contributed by atoms with van der Waals surface area (Å²) in [5.74, 6) is -18.3. The second-order valence-corrected chi connectivity index (χ2v) is 9.46. The highest BCUT2D eigenvalue weighted by Crippen LogP contribution is 2.34. The van der Waals surface area contributed by atoms with Gasteiger partial charge in [0, 0.05) is 5.56 Å². The Bertz CT molecular complexity index is 2470. The van der Waals surface area contributed by atoms with Crippen LogP contribution in [0.3, 0.4) is 0 Å². The van der Waals surface area contributed by atoms with Crippen LogP contribution < -0.4 is 10.7 Å². The first kappa shape index (κ1) is 29.1. The van der Waals surface area contributed by atoms with E-state index in [4.69, 9.17) is 15.4 Å². The fourth-order valence-corrected chi connectivity index (χ4v) is 4.43. The van der Waals surface area contributed by atoms with Gasteiger partial charge in [-0.1, -0.05) is 0 Å². The molecule has 0 N–H and O–H groups in total. The van der Waals surface area contributed by atoms with Crippen molar-refractivity contribution in [2.45, 2.75) is 6.92 Å². The van der Waals surface area contributed by atoms with Crippen molar-refractivity contribution in [2.75, 3.05) is 0 Å². The van der Waals surface area contributed by atoms with Gasteiger partial charge in [-0.15, -0.1) is 0 Å². The summed E-state index contributed by atoms with van der Waals surface area (Å²) in [5, 5.41) is 9.53. The number of hydrogen-bond acceptors (Lipinski definition) is 10. The number of nitrogens with zero attached hydrogens (tertiary/aromatic N) is 9. The minimum Gasteiger partial charge on any atom is -0.430 e. The number of allylic oxidation sites excluding steroid dienone is 1. The lowest BCUT2D eigenvalue weighted by Gasteiger charge is -2.03. The molecule has 1 aliphatic heterocycles. The van der Waals surface area contributed by atoms with E-state index in [0.717, 1.165) is 13.0 Å². The van der Waals surface area contributed by atoms with E-state index in [-0.39, 0.29) is 16.4 Å². The van der Waals surface area contributed by atoms with E-state index in [0.29, 0.717) is 0 Å². The van der Waals surface area contributed by atoms with Gasteiger partial charge >= 0.3 is 0 Å². The molecule has 1 aliphatic rings. The summed E-state index contributed by atoms with van der Waals surface area (Å²) in [6.45, 7) is 8.03. The molecule has 4 heterocycles. The fraction of sp³-hybridized carbons (Fsp3) is 0.0357. The molecule has 0 atom stereocenters. The zero-order chi connectivity index (χ0) is 33.5. The van der Waals surface area contributed by atoms with E-state index in [1.165, 1.54) is 6.07 Å². The van der Waals surface area contributed by atoms with Crippen molar-refractivity contribution in [3.63, 3.8) is 0 Å². The topological polar surface area (TPSA) is 144 Å². The Kier molecular flexibility index (Phi) is 6.32. The van der Waals surface area contributed by atoms with E-state index < -0.39 is 115 Å². The lowest BCUT2D eigenvalue weighted by Crippen LogP contribution is -2.24. The lowest BCUT2D eigenvalue weighted by atomic mass is 10.2. The number of nitriles is 1. The lowest BCUT2D eigenvalue weighted by molar-refractivity contribution is 0.410. The molecule has 0 spiro atoms. The molecule has 11 nitrogen and oxygen atoms in total. The number of hydrogen-bond donors (Lipinski definition) is 0. The van der Waals surface area contributed by atoms with Gasteiger partial charge in [0.15, 0.2) is 68.6 Å². The molecule has 3 aromatic carbocycles. The number of benzene rings is 3. The van der Waals surface area contributed by atoms with E-state index in [9.17, 15) is 40.4 Å². The Morgan fingerprint density at radius 1 is 0.723 bits per heavy atom. The Balaban J connectivity index is 1.51. The van der Waals surface area contributed by atoms with Crippen LogP contribution in [0.15, 0.2) is 36.8 Å². The van der Waals surface area contributed by atoms with E-state index in [2.05, 4.69) is 39.7 Å². The minimum absolute atomic E-state index is 0.143.